The monoisotopic (exact) mass is 429 g/mol. The predicted molar refractivity (Wildman–Crippen MR) is 124 cm³/mol. The summed E-state index contributed by atoms with van der Waals surface area (Å²) in [7, 11) is -1.46. The van der Waals surface area contributed by atoms with Gasteiger partial charge in [0.15, 0.2) is 0 Å². The molecular weight excluding hydrogens is 398 g/mol. The molecular formula is C23H31N3OS2. The first-order chi connectivity index (χ1) is 13.9. The van der Waals surface area contributed by atoms with Gasteiger partial charge in [0.25, 0.3) is 0 Å². The number of allylic oxidation sites excluding steroid dienone is 2. The van der Waals surface area contributed by atoms with Crippen LogP contribution in [-0.2, 0) is 30.2 Å². The summed E-state index contributed by atoms with van der Waals surface area (Å²) < 4.78 is 11.4. The van der Waals surface area contributed by atoms with E-state index in [1.54, 1.807) is 23.5 Å². The minimum Gasteiger partial charge on any atom is -0.350 e. The minimum atomic E-state index is -1.46. The summed E-state index contributed by atoms with van der Waals surface area (Å²) in [6, 6.07) is 9.97. The number of hydrogen-bond acceptors (Lipinski definition) is 4. The molecule has 0 fully saturated rings. The van der Waals surface area contributed by atoms with Crippen molar-refractivity contribution in [1.82, 2.24) is 0 Å². The van der Waals surface area contributed by atoms with Crippen molar-refractivity contribution in [2.24, 2.45) is 11.1 Å². The minimum absolute atomic E-state index is 0.615. The van der Waals surface area contributed by atoms with E-state index in [0.717, 1.165) is 53.9 Å². The molecule has 6 heteroatoms. The fourth-order valence-corrected chi connectivity index (χ4v) is 4.80. The molecule has 0 aliphatic heterocycles. The lowest BCUT2D eigenvalue weighted by atomic mass is 9.99. The van der Waals surface area contributed by atoms with E-state index < -0.39 is 11.0 Å². The van der Waals surface area contributed by atoms with E-state index in [2.05, 4.69) is 45.2 Å². The number of anilines is 1. The van der Waals surface area contributed by atoms with Crippen LogP contribution in [0.25, 0.3) is 0 Å². The van der Waals surface area contributed by atoms with Crippen molar-refractivity contribution in [2.75, 3.05) is 5.32 Å². The van der Waals surface area contributed by atoms with Gasteiger partial charge >= 0.3 is 0 Å². The van der Waals surface area contributed by atoms with Gasteiger partial charge in [-0.05, 0) is 54.9 Å². The van der Waals surface area contributed by atoms with Crippen molar-refractivity contribution >= 4 is 27.3 Å². The van der Waals surface area contributed by atoms with E-state index in [9.17, 15) is 9.47 Å². The fraction of sp³-hybridized carbons (Fsp3) is 0.435. The lowest BCUT2D eigenvalue weighted by Gasteiger charge is -2.11. The number of nitrogens with zero attached hydrogens (tertiary/aromatic N) is 1. The number of benzene rings is 1. The molecule has 0 saturated heterocycles. The molecule has 0 spiro atoms. The average Bonchev–Trinajstić information content (AvgIpc) is 3.03. The number of thiophene rings is 1. The summed E-state index contributed by atoms with van der Waals surface area (Å²) in [5, 5.41) is 19.8. The Morgan fingerprint density at radius 2 is 2.00 bits per heavy atom. The summed E-state index contributed by atoms with van der Waals surface area (Å²) in [5.74, 6) is 0.615. The molecule has 3 N–H and O–H groups in total. The van der Waals surface area contributed by atoms with E-state index in [1.165, 1.54) is 10.4 Å². The van der Waals surface area contributed by atoms with E-state index in [4.69, 9.17) is 5.14 Å². The van der Waals surface area contributed by atoms with Crippen molar-refractivity contribution in [2.45, 2.75) is 64.7 Å². The van der Waals surface area contributed by atoms with Crippen LogP contribution in [0, 0.1) is 17.2 Å². The molecule has 0 saturated carbocycles. The molecule has 1 atom stereocenters. The number of nitrogens with two attached hydrogens (primary N) is 1. The Hall–Kier alpha value is -1.94. The summed E-state index contributed by atoms with van der Waals surface area (Å²) in [5.41, 5.74) is 4.19. The molecule has 1 heterocycles. The van der Waals surface area contributed by atoms with E-state index in [0.29, 0.717) is 10.8 Å². The first-order valence-electron chi connectivity index (χ1n) is 10.1. The molecule has 4 nitrogen and oxygen atoms in total. The number of rotatable bonds is 10. The third kappa shape index (κ3) is 6.53. The highest BCUT2D eigenvalue weighted by atomic mass is 32.2. The highest BCUT2D eigenvalue weighted by molar-refractivity contribution is 7.82. The van der Waals surface area contributed by atoms with Crippen molar-refractivity contribution in [3.8, 4) is 6.07 Å². The summed E-state index contributed by atoms with van der Waals surface area (Å²) >= 11 is 1.70. The van der Waals surface area contributed by atoms with Crippen molar-refractivity contribution < 1.29 is 4.21 Å². The molecule has 29 heavy (non-hydrogen) atoms. The fourth-order valence-electron chi connectivity index (χ4n) is 3.22. The second kappa shape index (κ2) is 11.3. The average molecular weight is 430 g/mol. The van der Waals surface area contributed by atoms with Crippen LogP contribution in [0.2, 0.25) is 0 Å². The maximum absolute atomic E-state index is 11.4. The lowest BCUT2D eigenvalue weighted by Crippen LogP contribution is -2.05. The van der Waals surface area contributed by atoms with Crippen molar-refractivity contribution in [1.29, 1.82) is 5.26 Å². The lowest BCUT2D eigenvalue weighted by molar-refractivity contribution is 0.585. The Labute approximate surface area is 181 Å². The molecule has 1 aromatic heterocycles. The second-order valence-electron chi connectivity index (χ2n) is 7.49. The maximum Gasteiger partial charge on any atom is 0.122 e. The quantitative estimate of drug-likeness (QED) is 0.508. The van der Waals surface area contributed by atoms with Gasteiger partial charge in [-0.15, -0.1) is 11.3 Å². The third-order valence-corrected chi connectivity index (χ3v) is 6.80. The zero-order valence-electron chi connectivity index (χ0n) is 17.7. The smallest absolute Gasteiger partial charge is 0.122 e. The second-order valence-corrected chi connectivity index (χ2v) is 9.66. The summed E-state index contributed by atoms with van der Waals surface area (Å²) in [6.45, 7) is 8.70. The number of nitriles is 1. The van der Waals surface area contributed by atoms with Crippen LogP contribution in [0.1, 0.15) is 62.1 Å². The van der Waals surface area contributed by atoms with Gasteiger partial charge in [0.1, 0.15) is 22.1 Å². The SMILES string of the molecule is CC/C=C(/Cc1ccc(S(N)=O)cc1)Nc1sc(CC)c(CCC(C)C)c1C#N. The summed E-state index contributed by atoms with van der Waals surface area (Å²) in [4.78, 5) is 1.92. The highest BCUT2D eigenvalue weighted by Crippen LogP contribution is 2.36. The van der Waals surface area contributed by atoms with Crippen molar-refractivity contribution in [3.05, 3.63) is 57.6 Å². The first-order valence-corrected chi connectivity index (χ1v) is 12.2. The molecule has 1 aromatic carbocycles. The Bertz CT molecular complexity index is 905. The zero-order valence-corrected chi connectivity index (χ0v) is 19.4. The van der Waals surface area contributed by atoms with Gasteiger partial charge < -0.3 is 5.32 Å². The molecule has 0 bridgehead atoms. The predicted octanol–water partition coefficient (Wildman–Crippen LogP) is 5.70. The highest BCUT2D eigenvalue weighted by Gasteiger charge is 2.18. The maximum atomic E-state index is 11.4. The summed E-state index contributed by atoms with van der Waals surface area (Å²) in [6.07, 6.45) is 6.77. The van der Waals surface area contributed by atoms with Gasteiger partial charge in [0, 0.05) is 17.0 Å². The standard InChI is InChI=1S/C23H31N3OS2/c1-5-7-18(14-17-9-11-19(12-10-17)29(25)27)26-23-21(15-24)20(13-8-16(3)4)22(6-2)28-23/h7,9-12,16,26H,5-6,8,13-14,25H2,1-4H3/b18-7-. The normalized spacial score (nSPS) is 12.8. The van der Waals surface area contributed by atoms with Crippen LogP contribution < -0.4 is 10.5 Å². The van der Waals surface area contributed by atoms with Crippen LogP contribution >= 0.6 is 11.3 Å². The number of hydrogen-bond donors (Lipinski definition) is 2. The molecule has 0 aliphatic carbocycles. The van der Waals surface area contributed by atoms with Gasteiger partial charge in [0.05, 0.1) is 10.5 Å². The third-order valence-electron chi connectivity index (χ3n) is 4.77. The van der Waals surface area contributed by atoms with Crippen LogP contribution in [-0.4, -0.2) is 4.21 Å². The Balaban J connectivity index is 2.27. The van der Waals surface area contributed by atoms with E-state index >= 15 is 0 Å². The molecule has 0 radical (unpaired) electrons. The topological polar surface area (TPSA) is 78.9 Å². The Morgan fingerprint density at radius 1 is 1.31 bits per heavy atom. The van der Waals surface area contributed by atoms with Crippen LogP contribution in [0.4, 0.5) is 5.00 Å². The zero-order chi connectivity index (χ0) is 21.4. The van der Waals surface area contributed by atoms with Gasteiger partial charge in [-0.3, -0.25) is 0 Å². The van der Waals surface area contributed by atoms with Crippen molar-refractivity contribution in [3.63, 3.8) is 0 Å². The molecule has 2 aromatic rings. The molecule has 0 aliphatic rings. The van der Waals surface area contributed by atoms with Gasteiger partial charge in [-0.1, -0.05) is 45.9 Å². The largest absolute Gasteiger partial charge is 0.350 e. The molecule has 2 rings (SSSR count). The van der Waals surface area contributed by atoms with Crippen LogP contribution in [0.3, 0.4) is 0 Å². The van der Waals surface area contributed by atoms with Crippen LogP contribution in [0.5, 0.6) is 0 Å². The van der Waals surface area contributed by atoms with Gasteiger partial charge in [0.2, 0.25) is 0 Å². The molecule has 1 unspecified atom stereocenters. The van der Waals surface area contributed by atoms with Crippen LogP contribution in [0.15, 0.2) is 40.9 Å². The Kier molecular flexibility index (Phi) is 9.09. The van der Waals surface area contributed by atoms with Gasteiger partial charge in [-0.25, -0.2) is 9.35 Å². The number of aryl methyl sites for hydroxylation is 1. The molecule has 0 amide bonds. The first kappa shape index (κ1) is 23.3. The van der Waals surface area contributed by atoms with Gasteiger partial charge in [-0.2, -0.15) is 5.26 Å². The Morgan fingerprint density at radius 3 is 2.52 bits per heavy atom. The van der Waals surface area contributed by atoms with E-state index in [-0.39, 0.29) is 0 Å². The van der Waals surface area contributed by atoms with E-state index in [1.807, 2.05) is 12.1 Å². The molecule has 156 valence electrons. The number of nitrogens with one attached hydrogen (secondary N) is 1.